The first kappa shape index (κ1) is 12.6. The van der Waals surface area contributed by atoms with Crippen LogP contribution in [0.5, 0.6) is 0 Å². The van der Waals surface area contributed by atoms with E-state index in [0.717, 1.165) is 16.7 Å². The first-order valence-corrected chi connectivity index (χ1v) is 6.67. The number of hydrogen-bond acceptors (Lipinski definition) is 0. The Bertz CT molecular complexity index is 716. The first-order chi connectivity index (χ1) is 9.75. The van der Waals surface area contributed by atoms with E-state index in [1.54, 1.807) is 0 Å². The van der Waals surface area contributed by atoms with Crippen molar-refractivity contribution in [1.82, 2.24) is 0 Å². The smallest absolute Gasteiger partial charge is 0.133 e. The highest BCUT2D eigenvalue weighted by molar-refractivity contribution is 5.74. The van der Waals surface area contributed by atoms with Gasteiger partial charge in [-0.15, -0.1) is 0 Å². The molecule has 0 saturated carbocycles. The second-order valence-corrected chi connectivity index (χ2v) is 4.89. The Morgan fingerprint density at radius 2 is 1.20 bits per heavy atom. The molecule has 0 aliphatic rings. The molecule has 0 N–H and O–H groups in total. The Hall–Kier alpha value is -2.41. The van der Waals surface area contributed by atoms with E-state index in [4.69, 9.17) is 0 Å². The van der Waals surface area contributed by atoms with Crippen LogP contribution in [0.1, 0.15) is 5.56 Å². The molecule has 0 aromatic heterocycles. The molecule has 3 rings (SSSR count). The second kappa shape index (κ2) is 5.30. The molecule has 20 heavy (non-hydrogen) atoms. The summed E-state index contributed by atoms with van der Waals surface area (Å²) in [7, 11) is 0. The Kier molecular flexibility index (Phi) is 3.34. The van der Waals surface area contributed by atoms with E-state index < -0.39 is 0 Å². The SMILES string of the molecule is Cc1cc(-c2ccccc2)cc(-c2ccccc2)c1F. The Balaban J connectivity index is 2.19. The van der Waals surface area contributed by atoms with Crippen LogP contribution in [0.2, 0.25) is 0 Å². The minimum Gasteiger partial charge on any atom is -0.206 e. The fraction of sp³-hybridized carbons (Fsp3) is 0.0526. The van der Waals surface area contributed by atoms with Crippen molar-refractivity contribution in [3.63, 3.8) is 0 Å². The number of benzene rings is 3. The maximum absolute atomic E-state index is 14.4. The average Bonchev–Trinajstić information content (AvgIpc) is 2.51. The van der Waals surface area contributed by atoms with E-state index >= 15 is 0 Å². The second-order valence-electron chi connectivity index (χ2n) is 4.89. The standard InChI is InChI=1S/C19H15F/c1-14-12-17(15-8-4-2-5-9-15)13-18(19(14)20)16-10-6-3-7-11-16/h2-13H,1H3. The molecule has 98 valence electrons. The van der Waals surface area contributed by atoms with Crippen LogP contribution in [0.25, 0.3) is 22.3 Å². The molecule has 3 aromatic carbocycles. The lowest BCUT2D eigenvalue weighted by atomic mass is 9.96. The maximum atomic E-state index is 14.4. The highest BCUT2D eigenvalue weighted by atomic mass is 19.1. The van der Waals surface area contributed by atoms with Gasteiger partial charge in [-0.1, -0.05) is 60.7 Å². The van der Waals surface area contributed by atoms with E-state index in [1.807, 2.05) is 79.7 Å². The van der Waals surface area contributed by atoms with Gasteiger partial charge in [0.15, 0.2) is 0 Å². The molecule has 0 fully saturated rings. The molecule has 0 heterocycles. The van der Waals surface area contributed by atoms with E-state index in [-0.39, 0.29) is 5.82 Å². The van der Waals surface area contributed by atoms with Crippen LogP contribution in [0, 0.1) is 12.7 Å². The molecular weight excluding hydrogens is 247 g/mol. The summed E-state index contributed by atoms with van der Waals surface area (Å²) in [5.74, 6) is -0.143. The van der Waals surface area contributed by atoms with Gasteiger partial charge in [0.2, 0.25) is 0 Å². The van der Waals surface area contributed by atoms with Crippen molar-refractivity contribution in [2.75, 3.05) is 0 Å². The number of halogens is 1. The van der Waals surface area contributed by atoms with Gasteiger partial charge in [0.1, 0.15) is 5.82 Å². The molecule has 0 atom stereocenters. The largest absolute Gasteiger partial charge is 0.206 e. The van der Waals surface area contributed by atoms with Crippen molar-refractivity contribution in [3.8, 4) is 22.3 Å². The van der Waals surface area contributed by atoms with Crippen LogP contribution in [-0.4, -0.2) is 0 Å². The van der Waals surface area contributed by atoms with Gasteiger partial charge in [0.25, 0.3) is 0 Å². The Labute approximate surface area is 118 Å². The molecule has 0 unspecified atom stereocenters. The number of hydrogen-bond donors (Lipinski definition) is 0. The van der Waals surface area contributed by atoms with Gasteiger partial charge in [-0.25, -0.2) is 4.39 Å². The van der Waals surface area contributed by atoms with Crippen LogP contribution in [0.3, 0.4) is 0 Å². The summed E-state index contributed by atoms with van der Waals surface area (Å²) in [6.45, 7) is 1.81. The summed E-state index contributed by atoms with van der Waals surface area (Å²) in [5.41, 5.74) is 4.39. The predicted octanol–water partition coefficient (Wildman–Crippen LogP) is 5.47. The molecule has 0 bridgehead atoms. The van der Waals surface area contributed by atoms with Gasteiger partial charge in [0, 0.05) is 5.56 Å². The van der Waals surface area contributed by atoms with Gasteiger partial charge >= 0.3 is 0 Å². The van der Waals surface area contributed by atoms with Crippen LogP contribution in [0.4, 0.5) is 4.39 Å². The van der Waals surface area contributed by atoms with Gasteiger partial charge in [0.05, 0.1) is 0 Å². The highest BCUT2D eigenvalue weighted by Crippen LogP contribution is 2.30. The zero-order valence-electron chi connectivity index (χ0n) is 11.3. The summed E-state index contributed by atoms with van der Waals surface area (Å²) in [4.78, 5) is 0. The van der Waals surface area contributed by atoms with E-state index in [9.17, 15) is 4.39 Å². The van der Waals surface area contributed by atoms with Crippen molar-refractivity contribution in [2.24, 2.45) is 0 Å². The molecule has 0 saturated heterocycles. The van der Waals surface area contributed by atoms with Crippen LogP contribution in [0.15, 0.2) is 72.8 Å². The lowest BCUT2D eigenvalue weighted by molar-refractivity contribution is 0.622. The lowest BCUT2D eigenvalue weighted by Gasteiger charge is -2.10. The first-order valence-electron chi connectivity index (χ1n) is 6.67. The van der Waals surface area contributed by atoms with Gasteiger partial charge in [-0.05, 0) is 41.3 Å². The monoisotopic (exact) mass is 262 g/mol. The van der Waals surface area contributed by atoms with E-state index in [2.05, 4.69) is 0 Å². The molecule has 3 aromatic rings. The minimum atomic E-state index is -0.143. The van der Waals surface area contributed by atoms with E-state index in [1.165, 1.54) is 0 Å². The number of aryl methyl sites for hydroxylation is 1. The molecular formula is C19H15F. The fourth-order valence-corrected chi connectivity index (χ4v) is 2.39. The van der Waals surface area contributed by atoms with Crippen LogP contribution in [-0.2, 0) is 0 Å². The molecule has 0 nitrogen and oxygen atoms in total. The predicted molar refractivity (Wildman–Crippen MR) is 82.0 cm³/mol. The van der Waals surface area contributed by atoms with Gasteiger partial charge < -0.3 is 0 Å². The maximum Gasteiger partial charge on any atom is 0.133 e. The van der Waals surface area contributed by atoms with Crippen molar-refractivity contribution < 1.29 is 4.39 Å². The normalized spacial score (nSPS) is 10.5. The average molecular weight is 262 g/mol. The van der Waals surface area contributed by atoms with Crippen molar-refractivity contribution in [1.29, 1.82) is 0 Å². The molecule has 0 aliphatic carbocycles. The minimum absolute atomic E-state index is 0.143. The summed E-state index contributed by atoms with van der Waals surface area (Å²) in [6, 6.07) is 23.6. The van der Waals surface area contributed by atoms with Crippen molar-refractivity contribution >= 4 is 0 Å². The summed E-state index contributed by atoms with van der Waals surface area (Å²) >= 11 is 0. The quantitative estimate of drug-likeness (QED) is 0.574. The van der Waals surface area contributed by atoms with Gasteiger partial charge in [-0.3, -0.25) is 0 Å². The third-order valence-electron chi connectivity index (χ3n) is 3.45. The molecule has 0 aliphatic heterocycles. The summed E-state index contributed by atoms with van der Waals surface area (Å²) in [5, 5.41) is 0. The van der Waals surface area contributed by atoms with Crippen LogP contribution >= 0.6 is 0 Å². The van der Waals surface area contributed by atoms with Crippen molar-refractivity contribution in [2.45, 2.75) is 6.92 Å². The third kappa shape index (κ3) is 2.35. The van der Waals surface area contributed by atoms with Gasteiger partial charge in [-0.2, -0.15) is 0 Å². The highest BCUT2D eigenvalue weighted by Gasteiger charge is 2.10. The molecule has 0 radical (unpaired) electrons. The molecule has 0 spiro atoms. The third-order valence-corrected chi connectivity index (χ3v) is 3.45. The Morgan fingerprint density at radius 3 is 1.80 bits per heavy atom. The zero-order chi connectivity index (χ0) is 13.9. The topological polar surface area (TPSA) is 0 Å². The summed E-state index contributed by atoms with van der Waals surface area (Å²) < 4.78 is 14.4. The van der Waals surface area contributed by atoms with Crippen LogP contribution < -0.4 is 0 Å². The molecule has 1 heteroatoms. The van der Waals surface area contributed by atoms with E-state index in [0.29, 0.717) is 11.1 Å². The number of rotatable bonds is 2. The van der Waals surface area contributed by atoms with Crippen molar-refractivity contribution in [3.05, 3.63) is 84.2 Å². The zero-order valence-corrected chi connectivity index (χ0v) is 11.3. The summed E-state index contributed by atoms with van der Waals surface area (Å²) in [6.07, 6.45) is 0. The Morgan fingerprint density at radius 1 is 0.650 bits per heavy atom. The fourth-order valence-electron chi connectivity index (χ4n) is 2.39. The lowest BCUT2D eigenvalue weighted by Crippen LogP contribution is -1.91. The molecule has 0 amide bonds.